The van der Waals surface area contributed by atoms with Crippen molar-refractivity contribution in [2.24, 2.45) is 0 Å². The van der Waals surface area contributed by atoms with E-state index in [1.54, 1.807) is 12.5 Å². The van der Waals surface area contributed by atoms with E-state index in [0.29, 0.717) is 13.0 Å². The lowest BCUT2D eigenvalue weighted by Gasteiger charge is -2.05. The average Bonchev–Trinajstić information content (AvgIpc) is 3.09. The Morgan fingerprint density at radius 2 is 2.20 bits per heavy atom. The van der Waals surface area contributed by atoms with Gasteiger partial charge in [0.2, 0.25) is 5.09 Å². The summed E-state index contributed by atoms with van der Waals surface area (Å²) in [5.74, 6) is 0.227. The molecule has 0 radical (unpaired) electrons. The summed E-state index contributed by atoms with van der Waals surface area (Å²) >= 11 is 0. The fourth-order valence-electron chi connectivity index (χ4n) is 1.70. The first-order valence-electron chi connectivity index (χ1n) is 6.27. The van der Waals surface area contributed by atoms with Crippen LogP contribution >= 0.6 is 0 Å². The molecular weight excluding hydrogens is 282 g/mol. The summed E-state index contributed by atoms with van der Waals surface area (Å²) in [7, 11) is -3.63. The Hall–Kier alpha value is -1.64. The van der Waals surface area contributed by atoms with Crippen LogP contribution in [0, 0.1) is 0 Å². The van der Waals surface area contributed by atoms with Crippen molar-refractivity contribution < 1.29 is 17.9 Å². The van der Waals surface area contributed by atoms with E-state index in [0.717, 1.165) is 13.0 Å². The van der Waals surface area contributed by atoms with Gasteiger partial charge in [-0.2, -0.15) is 0 Å². The van der Waals surface area contributed by atoms with E-state index < -0.39 is 10.0 Å². The summed E-state index contributed by atoms with van der Waals surface area (Å²) < 4.78 is 33.1. The minimum absolute atomic E-state index is 0.170. The molecule has 7 nitrogen and oxygen atoms in total. The molecule has 2 N–H and O–H groups in total. The van der Waals surface area contributed by atoms with Crippen LogP contribution in [0.1, 0.15) is 18.6 Å². The minimum atomic E-state index is -3.63. The molecule has 0 amide bonds. The lowest BCUT2D eigenvalue weighted by atomic mass is 10.3. The van der Waals surface area contributed by atoms with E-state index in [4.69, 9.17) is 9.52 Å². The molecule has 0 unspecified atom stereocenters. The summed E-state index contributed by atoms with van der Waals surface area (Å²) in [4.78, 5) is 3.93. The van der Waals surface area contributed by atoms with Gasteiger partial charge in [-0.1, -0.05) is 0 Å². The molecule has 110 valence electrons. The number of aryl methyl sites for hydroxylation is 1. The Kier molecular flexibility index (Phi) is 4.94. The summed E-state index contributed by atoms with van der Waals surface area (Å²) in [5.41, 5.74) is 0. The predicted octanol–water partition coefficient (Wildman–Crippen LogP) is 0.727. The number of rotatable bonds is 8. The molecule has 0 aliphatic carbocycles. The summed E-state index contributed by atoms with van der Waals surface area (Å²) in [6, 6.07) is 2.77. The number of hydrogen-bond donors (Lipinski definition) is 2. The first-order valence-corrected chi connectivity index (χ1v) is 7.75. The van der Waals surface area contributed by atoms with Gasteiger partial charge >= 0.3 is 0 Å². The Labute approximate surface area is 117 Å². The first-order chi connectivity index (χ1) is 9.62. The largest absolute Gasteiger partial charge is 0.446 e. The van der Waals surface area contributed by atoms with Gasteiger partial charge in [0.1, 0.15) is 12.4 Å². The minimum Gasteiger partial charge on any atom is -0.446 e. The third kappa shape index (κ3) is 3.92. The lowest BCUT2D eigenvalue weighted by Crippen LogP contribution is -2.24. The third-order valence-corrected chi connectivity index (χ3v) is 4.09. The van der Waals surface area contributed by atoms with Gasteiger partial charge in [0.05, 0.1) is 6.33 Å². The highest BCUT2D eigenvalue weighted by atomic mass is 32.2. The second-order valence-electron chi connectivity index (χ2n) is 4.28. The van der Waals surface area contributed by atoms with Crippen LogP contribution in [0.2, 0.25) is 0 Å². The predicted molar refractivity (Wildman–Crippen MR) is 71.3 cm³/mol. The summed E-state index contributed by atoms with van der Waals surface area (Å²) in [5, 5.41) is 8.67. The molecular formula is C12H17N3O4S. The molecule has 2 aromatic rings. The lowest BCUT2D eigenvalue weighted by molar-refractivity contribution is 0.236. The van der Waals surface area contributed by atoms with Gasteiger partial charge in [0, 0.05) is 25.5 Å². The number of aliphatic hydroxyl groups is 1. The van der Waals surface area contributed by atoms with Crippen LogP contribution in [0.3, 0.4) is 0 Å². The summed E-state index contributed by atoms with van der Waals surface area (Å²) in [6.07, 6.45) is 6.86. The highest BCUT2D eigenvalue weighted by Gasteiger charge is 2.17. The topological polar surface area (TPSA) is 97.4 Å². The van der Waals surface area contributed by atoms with Gasteiger partial charge in [-0.25, -0.2) is 18.1 Å². The zero-order chi connectivity index (χ0) is 14.4. The maximum absolute atomic E-state index is 11.9. The maximum atomic E-state index is 11.9. The number of aliphatic hydroxyl groups excluding tert-OH is 1. The Bertz CT molecular complexity index is 619. The van der Waals surface area contributed by atoms with Crippen molar-refractivity contribution in [3.05, 3.63) is 36.6 Å². The van der Waals surface area contributed by atoms with Crippen LogP contribution in [0.5, 0.6) is 0 Å². The van der Waals surface area contributed by atoms with Crippen molar-refractivity contribution in [2.75, 3.05) is 6.54 Å². The molecule has 2 rings (SSSR count). The van der Waals surface area contributed by atoms with E-state index in [1.165, 1.54) is 12.1 Å². The molecule has 2 aromatic heterocycles. The molecule has 0 saturated heterocycles. The van der Waals surface area contributed by atoms with Gasteiger partial charge < -0.3 is 14.1 Å². The van der Waals surface area contributed by atoms with Gasteiger partial charge in [0.15, 0.2) is 0 Å². The maximum Gasteiger partial charge on any atom is 0.273 e. The number of imidazole rings is 1. The fourth-order valence-corrected chi connectivity index (χ4v) is 2.72. The number of nitrogens with one attached hydrogen (secondary N) is 1. The van der Waals surface area contributed by atoms with Crippen LogP contribution in [0.15, 0.2) is 40.4 Å². The van der Waals surface area contributed by atoms with E-state index in [9.17, 15) is 8.42 Å². The number of aromatic nitrogens is 2. The van der Waals surface area contributed by atoms with Crippen molar-refractivity contribution in [2.45, 2.75) is 31.1 Å². The van der Waals surface area contributed by atoms with E-state index in [2.05, 4.69) is 9.71 Å². The molecule has 0 spiro atoms. The normalized spacial score (nSPS) is 11.8. The smallest absolute Gasteiger partial charge is 0.273 e. The molecule has 0 atom stereocenters. The van der Waals surface area contributed by atoms with E-state index in [1.807, 2.05) is 10.8 Å². The first kappa shape index (κ1) is 14.8. The average molecular weight is 299 g/mol. The van der Waals surface area contributed by atoms with Crippen molar-refractivity contribution in [1.29, 1.82) is 0 Å². The van der Waals surface area contributed by atoms with Gasteiger partial charge in [-0.15, -0.1) is 0 Å². The molecule has 0 saturated carbocycles. The van der Waals surface area contributed by atoms with Crippen molar-refractivity contribution in [3.8, 4) is 0 Å². The standard InChI is InChI=1S/C12H17N3O4S/c16-9-11-3-4-12(19-11)20(17,18)14-5-1-2-7-15-8-6-13-10-15/h3-4,6,8,10,14,16H,1-2,5,7,9H2. The van der Waals surface area contributed by atoms with Crippen molar-refractivity contribution >= 4 is 10.0 Å². The van der Waals surface area contributed by atoms with Crippen LogP contribution in [0.25, 0.3) is 0 Å². The number of hydrogen-bond acceptors (Lipinski definition) is 5. The Morgan fingerprint density at radius 3 is 2.85 bits per heavy atom. The van der Waals surface area contributed by atoms with Crippen LogP contribution in [0.4, 0.5) is 0 Å². The van der Waals surface area contributed by atoms with Gasteiger partial charge in [-0.3, -0.25) is 0 Å². The summed E-state index contributed by atoms with van der Waals surface area (Å²) in [6.45, 7) is 0.823. The van der Waals surface area contributed by atoms with Gasteiger partial charge in [-0.05, 0) is 25.0 Å². The Balaban J connectivity index is 1.75. The van der Waals surface area contributed by atoms with E-state index in [-0.39, 0.29) is 17.5 Å². The van der Waals surface area contributed by atoms with Crippen molar-refractivity contribution in [1.82, 2.24) is 14.3 Å². The zero-order valence-corrected chi connectivity index (χ0v) is 11.7. The number of furan rings is 1. The third-order valence-electron chi connectivity index (χ3n) is 2.75. The second-order valence-corrected chi connectivity index (χ2v) is 5.98. The van der Waals surface area contributed by atoms with Crippen molar-refractivity contribution in [3.63, 3.8) is 0 Å². The SMILES string of the molecule is O=S(=O)(NCCCCn1ccnc1)c1ccc(CO)o1. The molecule has 0 bridgehead atoms. The number of nitrogens with zero attached hydrogens (tertiary/aromatic N) is 2. The molecule has 8 heteroatoms. The Morgan fingerprint density at radius 1 is 1.35 bits per heavy atom. The zero-order valence-electron chi connectivity index (χ0n) is 10.9. The van der Waals surface area contributed by atoms with E-state index >= 15 is 0 Å². The quantitative estimate of drug-likeness (QED) is 0.700. The molecule has 0 fully saturated rings. The molecule has 0 aliphatic rings. The second kappa shape index (κ2) is 6.69. The highest BCUT2D eigenvalue weighted by molar-refractivity contribution is 7.89. The van der Waals surface area contributed by atoms with Crippen LogP contribution in [-0.4, -0.2) is 29.6 Å². The monoisotopic (exact) mass is 299 g/mol. The molecule has 2 heterocycles. The molecule has 0 aliphatic heterocycles. The molecule has 0 aromatic carbocycles. The van der Waals surface area contributed by atoms with Crippen LogP contribution < -0.4 is 4.72 Å². The van der Waals surface area contributed by atoms with Crippen LogP contribution in [-0.2, 0) is 23.2 Å². The molecule has 20 heavy (non-hydrogen) atoms. The fraction of sp³-hybridized carbons (Fsp3) is 0.417. The number of unbranched alkanes of at least 4 members (excludes halogenated alkanes) is 1. The highest BCUT2D eigenvalue weighted by Crippen LogP contribution is 2.13. The number of sulfonamides is 1. The van der Waals surface area contributed by atoms with Gasteiger partial charge in [0.25, 0.3) is 10.0 Å².